The van der Waals surface area contributed by atoms with Crippen LogP contribution in [0.2, 0.25) is 0 Å². The van der Waals surface area contributed by atoms with Gasteiger partial charge >= 0.3 is 0 Å². The highest BCUT2D eigenvalue weighted by atomic mass is 16.1. The van der Waals surface area contributed by atoms with E-state index in [2.05, 4.69) is 46.7 Å². The van der Waals surface area contributed by atoms with E-state index >= 15 is 0 Å². The summed E-state index contributed by atoms with van der Waals surface area (Å²) >= 11 is 0. The van der Waals surface area contributed by atoms with Crippen molar-refractivity contribution in [3.63, 3.8) is 0 Å². The number of carbonyl (C=O) groups excluding carboxylic acids is 1. The number of benzene rings is 2. The smallest absolute Gasteiger partial charge is 0.225 e. The van der Waals surface area contributed by atoms with Gasteiger partial charge in [-0.15, -0.1) is 10.2 Å². The summed E-state index contributed by atoms with van der Waals surface area (Å²) in [4.78, 5) is 14.0. The minimum Gasteiger partial charge on any atom is -0.342 e. The largest absolute Gasteiger partial charge is 0.342 e. The minimum absolute atomic E-state index is 0.0800. The van der Waals surface area contributed by atoms with Crippen LogP contribution in [-0.4, -0.2) is 26.1 Å². The average Bonchev–Trinajstić information content (AvgIpc) is 3.07. The normalized spacial score (nSPS) is 12.2. The maximum atomic E-state index is 12.6. The highest BCUT2D eigenvalue weighted by Gasteiger charge is 2.21. The van der Waals surface area contributed by atoms with E-state index in [4.69, 9.17) is 0 Å². The van der Waals surface area contributed by atoms with Gasteiger partial charge in [-0.05, 0) is 27.8 Å². The second-order valence-electron chi connectivity index (χ2n) is 6.62. The number of rotatable bonds is 6. The summed E-state index contributed by atoms with van der Waals surface area (Å²) in [5.41, 5.74) is 3.16. The molecule has 0 spiro atoms. The maximum absolute atomic E-state index is 12.6. The van der Waals surface area contributed by atoms with Crippen molar-refractivity contribution in [2.24, 2.45) is 7.05 Å². The van der Waals surface area contributed by atoms with Gasteiger partial charge in [0.2, 0.25) is 11.7 Å². The minimum atomic E-state index is -0.424. The first kappa shape index (κ1) is 17.8. The van der Waals surface area contributed by atoms with E-state index in [-0.39, 0.29) is 5.91 Å². The number of hydrogen-bond donors (Lipinski definition) is 1. The van der Waals surface area contributed by atoms with Crippen LogP contribution in [0.15, 0.2) is 54.6 Å². The number of hydrogen-bond acceptors (Lipinski definition) is 4. The highest BCUT2D eigenvalue weighted by Crippen LogP contribution is 2.19. The van der Waals surface area contributed by atoms with Gasteiger partial charge in [-0.3, -0.25) is 4.79 Å². The molecule has 0 radical (unpaired) electrons. The van der Waals surface area contributed by atoms with Crippen LogP contribution in [-0.2, 0) is 18.3 Å². The molecular weight excluding hydrogens is 326 g/mol. The van der Waals surface area contributed by atoms with Crippen molar-refractivity contribution < 1.29 is 4.79 Å². The molecular formula is C20H23N5O. The van der Waals surface area contributed by atoms with Crippen molar-refractivity contribution in [3.8, 4) is 0 Å². The predicted octanol–water partition coefficient (Wildman–Crippen LogP) is 2.78. The van der Waals surface area contributed by atoms with Crippen molar-refractivity contribution in [2.75, 3.05) is 0 Å². The molecule has 6 nitrogen and oxygen atoms in total. The molecule has 1 aromatic heterocycles. The second-order valence-corrected chi connectivity index (χ2v) is 6.62. The number of nitrogens with zero attached hydrogens (tertiary/aromatic N) is 4. The Hall–Kier alpha value is -3.02. The lowest BCUT2D eigenvalue weighted by molar-refractivity contribution is -0.121. The van der Waals surface area contributed by atoms with Gasteiger partial charge in [-0.25, -0.2) is 0 Å². The van der Waals surface area contributed by atoms with E-state index in [9.17, 15) is 4.79 Å². The van der Waals surface area contributed by atoms with Crippen LogP contribution in [0.4, 0.5) is 0 Å². The molecule has 3 rings (SSSR count). The third-order valence-corrected chi connectivity index (χ3v) is 4.23. The standard InChI is InChI=1S/C20H23N5O/c1-14(2)16-11-9-15(10-12-16)13-18(26)21-19(17-7-5-4-6-8-17)20-22-24-25(3)23-20/h4-12,14,19H,13H2,1-3H3,(H,21,26). The third kappa shape index (κ3) is 4.33. The molecule has 0 bridgehead atoms. The molecule has 2 aromatic carbocycles. The van der Waals surface area contributed by atoms with Crippen LogP contribution in [0.5, 0.6) is 0 Å². The molecule has 1 amide bonds. The van der Waals surface area contributed by atoms with Crippen molar-refractivity contribution in [1.29, 1.82) is 0 Å². The van der Waals surface area contributed by atoms with E-state index in [0.717, 1.165) is 11.1 Å². The van der Waals surface area contributed by atoms with Gasteiger partial charge in [0, 0.05) is 0 Å². The Morgan fingerprint density at radius 1 is 1.04 bits per heavy atom. The average molecular weight is 349 g/mol. The Labute approximate surface area is 153 Å². The van der Waals surface area contributed by atoms with Gasteiger partial charge in [-0.2, -0.15) is 4.80 Å². The van der Waals surface area contributed by atoms with Gasteiger partial charge in [0.05, 0.1) is 13.5 Å². The molecule has 1 unspecified atom stereocenters. The Bertz CT molecular complexity index is 855. The molecule has 1 heterocycles. The molecule has 1 atom stereocenters. The number of aromatic nitrogens is 4. The fourth-order valence-corrected chi connectivity index (χ4v) is 2.77. The van der Waals surface area contributed by atoms with Crippen LogP contribution in [0.25, 0.3) is 0 Å². The number of aryl methyl sites for hydroxylation is 1. The molecule has 0 aliphatic heterocycles. The Morgan fingerprint density at radius 3 is 2.31 bits per heavy atom. The fraction of sp³-hybridized carbons (Fsp3) is 0.300. The summed E-state index contributed by atoms with van der Waals surface area (Å²) in [7, 11) is 1.71. The second kappa shape index (κ2) is 7.91. The quantitative estimate of drug-likeness (QED) is 0.743. The monoisotopic (exact) mass is 349 g/mol. The van der Waals surface area contributed by atoms with Crippen molar-refractivity contribution in [1.82, 2.24) is 25.5 Å². The fourth-order valence-electron chi connectivity index (χ4n) is 2.77. The molecule has 6 heteroatoms. The van der Waals surface area contributed by atoms with Gasteiger partial charge in [-0.1, -0.05) is 68.4 Å². The van der Waals surface area contributed by atoms with Crippen molar-refractivity contribution in [3.05, 3.63) is 77.1 Å². The number of tetrazole rings is 1. The first-order chi connectivity index (χ1) is 12.5. The van der Waals surface area contributed by atoms with Gasteiger partial charge in [0.25, 0.3) is 0 Å². The topological polar surface area (TPSA) is 72.7 Å². The molecule has 0 fully saturated rings. The summed E-state index contributed by atoms with van der Waals surface area (Å²) < 4.78 is 0. The molecule has 3 aromatic rings. The van der Waals surface area contributed by atoms with E-state index in [1.54, 1.807) is 7.05 Å². The summed E-state index contributed by atoms with van der Waals surface area (Å²) in [5.74, 6) is 0.869. The Balaban J connectivity index is 1.75. The first-order valence-electron chi connectivity index (χ1n) is 8.70. The predicted molar refractivity (Wildman–Crippen MR) is 99.5 cm³/mol. The zero-order valence-corrected chi connectivity index (χ0v) is 15.3. The third-order valence-electron chi connectivity index (χ3n) is 4.23. The Morgan fingerprint density at radius 2 is 1.73 bits per heavy atom. The lowest BCUT2D eigenvalue weighted by Crippen LogP contribution is -2.31. The maximum Gasteiger partial charge on any atom is 0.225 e. The lowest BCUT2D eigenvalue weighted by Gasteiger charge is -2.16. The van der Waals surface area contributed by atoms with Crippen molar-refractivity contribution >= 4 is 5.91 Å². The number of nitrogens with one attached hydrogen (secondary N) is 1. The Kier molecular flexibility index (Phi) is 5.41. The van der Waals surface area contributed by atoms with E-state index in [0.29, 0.717) is 18.2 Å². The summed E-state index contributed by atoms with van der Waals surface area (Å²) in [6.07, 6.45) is 0.308. The van der Waals surface area contributed by atoms with Crippen LogP contribution >= 0.6 is 0 Å². The van der Waals surface area contributed by atoms with Crippen LogP contribution in [0.3, 0.4) is 0 Å². The van der Waals surface area contributed by atoms with E-state index < -0.39 is 6.04 Å². The number of carbonyl (C=O) groups is 1. The van der Waals surface area contributed by atoms with Gasteiger partial charge < -0.3 is 5.32 Å². The van der Waals surface area contributed by atoms with Gasteiger partial charge in [0.1, 0.15) is 6.04 Å². The lowest BCUT2D eigenvalue weighted by atomic mass is 10.0. The van der Waals surface area contributed by atoms with Crippen molar-refractivity contribution in [2.45, 2.75) is 32.2 Å². The van der Waals surface area contributed by atoms with E-state index in [1.165, 1.54) is 10.4 Å². The number of amides is 1. The summed E-state index contributed by atoms with van der Waals surface area (Å²) in [5, 5.41) is 15.2. The van der Waals surface area contributed by atoms with Gasteiger partial charge in [0.15, 0.2) is 0 Å². The highest BCUT2D eigenvalue weighted by molar-refractivity contribution is 5.79. The first-order valence-corrected chi connectivity index (χ1v) is 8.70. The molecule has 134 valence electrons. The molecule has 0 aliphatic rings. The van der Waals surface area contributed by atoms with Crippen LogP contribution < -0.4 is 5.32 Å². The molecule has 0 saturated heterocycles. The summed E-state index contributed by atoms with van der Waals surface area (Å²) in [6.45, 7) is 4.31. The van der Waals surface area contributed by atoms with E-state index in [1.807, 2.05) is 42.5 Å². The summed E-state index contributed by atoms with van der Waals surface area (Å²) in [6, 6.07) is 17.4. The zero-order valence-electron chi connectivity index (χ0n) is 15.3. The molecule has 26 heavy (non-hydrogen) atoms. The molecule has 0 saturated carbocycles. The molecule has 0 aliphatic carbocycles. The zero-order chi connectivity index (χ0) is 18.5. The van der Waals surface area contributed by atoms with Crippen LogP contribution in [0, 0.1) is 0 Å². The van der Waals surface area contributed by atoms with Crippen LogP contribution in [0.1, 0.15) is 48.3 Å². The molecule has 1 N–H and O–H groups in total. The SMILES string of the molecule is CC(C)c1ccc(CC(=O)NC(c2ccccc2)c2nnn(C)n2)cc1.